The average Bonchev–Trinajstić information content (AvgIpc) is 3.01. The number of aromatic nitrogens is 2. The molecule has 1 aromatic carbocycles. The quantitative estimate of drug-likeness (QED) is 0.876. The highest BCUT2D eigenvalue weighted by molar-refractivity contribution is 5.92. The van der Waals surface area contributed by atoms with Crippen molar-refractivity contribution in [2.75, 3.05) is 11.9 Å². The van der Waals surface area contributed by atoms with Crippen molar-refractivity contribution in [3.8, 4) is 0 Å². The number of benzene rings is 1. The monoisotopic (exact) mass is 329 g/mol. The molecule has 1 aliphatic rings. The molecular formula is C17H19N3O4. The van der Waals surface area contributed by atoms with E-state index in [1.807, 2.05) is 30.3 Å². The minimum Gasteiger partial charge on any atom is -0.480 e. The Kier molecular flexibility index (Phi) is 4.90. The maximum Gasteiger partial charge on any atom is 0.325 e. The zero-order valence-corrected chi connectivity index (χ0v) is 13.1. The summed E-state index contributed by atoms with van der Waals surface area (Å²) in [7, 11) is 0. The first-order valence-corrected chi connectivity index (χ1v) is 7.86. The highest BCUT2D eigenvalue weighted by Crippen LogP contribution is 2.34. The Labute approximate surface area is 139 Å². The van der Waals surface area contributed by atoms with E-state index in [-0.39, 0.29) is 24.5 Å². The fourth-order valence-electron chi connectivity index (χ4n) is 2.89. The number of rotatable bonds is 5. The summed E-state index contributed by atoms with van der Waals surface area (Å²) in [5.41, 5.74) is 0.980. The van der Waals surface area contributed by atoms with Crippen LogP contribution in [0.5, 0.6) is 0 Å². The zero-order chi connectivity index (χ0) is 16.9. The number of carbonyl (C=O) groups excluding carboxylic acids is 1. The first-order chi connectivity index (χ1) is 11.6. The van der Waals surface area contributed by atoms with E-state index in [0.29, 0.717) is 12.4 Å². The van der Waals surface area contributed by atoms with Crippen LogP contribution in [-0.2, 0) is 20.9 Å². The number of carbonyl (C=O) groups is 2. The molecule has 0 unspecified atom stereocenters. The summed E-state index contributed by atoms with van der Waals surface area (Å²) in [5.74, 6) is -1.10. The lowest BCUT2D eigenvalue weighted by atomic mass is 9.89. The molecule has 2 aromatic rings. The summed E-state index contributed by atoms with van der Waals surface area (Å²) < 4.78 is 7.10. The Morgan fingerprint density at radius 1 is 1.29 bits per heavy atom. The van der Waals surface area contributed by atoms with Gasteiger partial charge in [0.25, 0.3) is 0 Å². The largest absolute Gasteiger partial charge is 0.480 e. The van der Waals surface area contributed by atoms with Crippen molar-refractivity contribution in [2.45, 2.75) is 25.5 Å². The van der Waals surface area contributed by atoms with E-state index in [4.69, 9.17) is 9.84 Å². The summed E-state index contributed by atoms with van der Waals surface area (Å²) >= 11 is 0. The molecule has 0 saturated carbocycles. The lowest BCUT2D eigenvalue weighted by Crippen LogP contribution is -2.33. The molecule has 2 N–H and O–H groups in total. The number of amides is 1. The second-order valence-corrected chi connectivity index (χ2v) is 5.73. The molecule has 126 valence electrons. The fourth-order valence-corrected chi connectivity index (χ4v) is 2.89. The SMILES string of the molecule is O=C(O)Cn1ccc(NC(=O)[C@H]2CCCO[C@H]2c2ccccc2)n1. The number of aliphatic carboxylic acids is 1. The van der Waals surface area contributed by atoms with Gasteiger partial charge in [0.05, 0.1) is 12.0 Å². The van der Waals surface area contributed by atoms with Crippen LogP contribution in [0.25, 0.3) is 0 Å². The maximum atomic E-state index is 12.6. The maximum absolute atomic E-state index is 12.6. The van der Waals surface area contributed by atoms with Gasteiger partial charge in [-0.1, -0.05) is 30.3 Å². The van der Waals surface area contributed by atoms with E-state index in [9.17, 15) is 9.59 Å². The third kappa shape index (κ3) is 3.80. The van der Waals surface area contributed by atoms with Gasteiger partial charge in [0.1, 0.15) is 6.54 Å². The van der Waals surface area contributed by atoms with Gasteiger partial charge in [-0.25, -0.2) is 0 Å². The standard InChI is InChI=1S/C17H19N3O4/c21-15(22)11-20-9-8-14(19-20)18-17(23)13-7-4-10-24-16(13)12-5-2-1-3-6-12/h1-3,5-6,8-9,13,16H,4,7,10-11H2,(H,21,22)(H,18,19,23)/t13-,16-/m0/s1. The number of carboxylic acids is 1. The Hall–Kier alpha value is -2.67. The molecule has 3 rings (SSSR count). The summed E-state index contributed by atoms with van der Waals surface area (Å²) in [6, 6.07) is 11.3. The Bertz CT molecular complexity index is 714. The molecule has 2 atom stereocenters. The lowest BCUT2D eigenvalue weighted by Gasteiger charge is -2.31. The van der Waals surface area contributed by atoms with Crippen LogP contribution in [0, 0.1) is 5.92 Å². The third-order valence-electron chi connectivity index (χ3n) is 3.98. The van der Waals surface area contributed by atoms with E-state index in [0.717, 1.165) is 18.4 Å². The average molecular weight is 329 g/mol. The third-order valence-corrected chi connectivity index (χ3v) is 3.98. The molecule has 1 aromatic heterocycles. The molecular weight excluding hydrogens is 310 g/mol. The van der Waals surface area contributed by atoms with Gasteiger partial charge >= 0.3 is 5.97 Å². The van der Waals surface area contributed by atoms with Crippen LogP contribution in [0.1, 0.15) is 24.5 Å². The van der Waals surface area contributed by atoms with E-state index < -0.39 is 5.97 Å². The minimum absolute atomic E-state index is 0.163. The molecule has 0 aliphatic carbocycles. The number of anilines is 1. The van der Waals surface area contributed by atoms with Crippen LogP contribution in [-0.4, -0.2) is 33.4 Å². The van der Waals surface area contributed by atoms with Crippen LogP contribution in [0.2, 0.25) is 0 Å². The van der Waals surface area contributed by atoms with Crippen molar-refractivity contribution in [2.24, 2.45) is 5.92 Å². The van der Waals surface area contributed by atoms with Crippen molar-refractivity contribution in [3.63, 3.8) is 0 Å². The van der Waals surface area contributed by atoms with Gasteiger partial charge < -0.3 is 15.2 Å². The second-order valence-electron chi connectivity index (χ2n) is 5.73. The summed E-state index contributed by atoms with van der Waals surface area (Å²) in [4.78, 5) is 23.3. The molecule has 7 nitrogen and oxygen atoms in total. The highest BCUT2D eigenvalue weighted by Gasteiger charge is 2.33. The van der Waals surface area contributed by atoms with E-state index in [1.165, 1.54) is 10.9 Å². The Morgan fingerprint density at radius 3 is 2.83 bits per heavy atom. The Morgan fingerprint density at radius 2 is 2.08 bits per heavy atom. The van der Waals surface area contributed by atoms with Crippen molar-refractivity contribution in [1.29, 1.82) is 0 Å². The van der Waals surface area contributed by atoms with Crippen LogP contribution < -0.4 is 5.32 Å². The van der Waals surface area contributed by atoms with E-state index in [1.54, 1.807) is 6.07 Å². The topological polar surface area (TPSA) is 93.5 Å². The number of hydrogen-bond acceptors (Lipinski definition) is 4. The predicted molar refractivity (Wildman–Crippen MR) is 86.4 cm³/mol. The van der Waals surface area contributed by atoms with Crippen molar-refractivity contribution in [1.82, 2.24) is 9.78 Å². The van der Waals surface area contributed by atoms with Crippen molar-refractivity contribution < 1.29 is 19.4 Å². The van der Waals surface area contributed by atoms with Gasteiger partial charge in [-0.15, -0.1) is 0 Å². The molecule has 1 saturated heterocycles. The van der Waals surface area contributed by atoms with E-state index in [2.05, 4.69) is 10.4 Å². The summed E-state index contributed by atoms with van der Waals surface area (Å²) in [5, 5.41) is 15.6. The predicted octanol–water partition coefficient (Wildman–Crippen LogP) is 2.07. The Balaban J connectivity index is 1.70. The number of nitrogens with zero attached hydrogens (tertiary/aromatic N) is 2. The molecule has 7 heteroatoms. The molecule has 1 aliphatic heterocycles. The first-order valence-electron chi connectivity index (χ1n) is 7.86. The van der Waals surface area contributed by atoms with Gasteiger partial charge in [0, 0.05) is 18.9 Å². The highest BCUT2D eigenvalue weighted by atomic mass is 16.5. The summed E-state index contributed by atoms with van der Waals surface area (Å²) in [6.45, 7) is 0.394. The van der Waals surface area contributed by atoms with Crippen LogP contribution >= 0.6 is 0 Å². The first kappa shape index (κ1) is 16.2. The molecule has 1 amide bonds. The van der Waals surface area contributed by atoms with Crippen LogP contribution in [0.4, 0.5) is 5.82 Å². The number of hydrogen-bond donors (Lipinski definition) is 2. The number of ether oxygens (including phenoxy) is 1. The number of nitrogens with one attached hydrogen (secondary N) is 1. The van der Waals surface area contributed by atoms with Gasteiger partial charge in [0.15, 0.2) is 5.82 Å². The van der Waals surface area contributed by atoms with Gasteiger partial charge in [0.2, 0.25) is 5.91 Å². The fraction of sp³-hybridized carbons (Fsp3) is 0.353. The lowest BCUT2D eigenvalue weighted by molar-refractivity contribution is -0.137. The minimum atomic E-state index is -0.985. The second kappa shape index (κ2) is 7.27. The van der Waals surface area contributed by atoms with Crippen LogP contribution in [0.15, 0.2) is 42.6 Å². The van der Waals surface area contributed by atoms with Gasteiger partial charge in [-0.2, -0.15) is 5.10 Å². The van der Waals surface area contributed by atoms with E-state index >= 15 is 0 Å². The smallest absolute Gasteiger partial charge is 0.325 e. The van der Waals surface area contributed by atoms with Gasteiger partial charge in [-0.05, 0) is 18.4 Å². The van der Waals surface area contributed by atoms with Crippen molar-refractivity contribution >= 4 is 17.7 Å². The molecule has 1 fully saturated rings. The molecule has 0 radical (unpaired) electrons. The van der Waals surface area contributed by atoms with Crippen molar-refractivity contribution in [3.05, 3.63) is 48.2 Å². The molecule has 24 heavy (non-hydrogen) atoms. The summed E-state index contributed by atoms with van der Waals surface area (Å²) in [6.07, 6.45) is 2.81. The normalized spacial score (nSPS) is 20.5. The number of carboxylic acid groups (broad SMARTS) is 1. The molecule has 0 spiro atoms. The molecule has 2 heterocycles. The van der Waals surface area contributed by atoms with Crippen LogP contribution in [0.3, 0.4) is 0 Å². The molecule has 0 bridgehead atoms. The van der Waals surface area contributed by atoms with Gasteiger partial charge in [-0.3, -0.25) is 14.3 Å². The zero-order valence-electron chi connectivity index (χ0n) is 13.1.